The van der Waals surface area contributed by atoms with Gasteiger partial charge in [-0.05, 0) is 37.8 Å². The maximum atomic E-state index is 12.0. The maximum Gasteiger partial charge on any atom is 0.319 e. The molecule has 0 aromatic carbocycles. The largest absolute Gasteiger partial charge is 0.331 e. The van der Waals surface area contributed by atoms with E-state index in [0.29, 0.717) is 12.6 Å². The molecule has 0 aromatic rings. The van der Waals surface area contributed by atoms with E-state index >= 15 is 0 Å². The van der Waals surface area contributed by atoms with Gasteiger partial charge in [-0.25, -0.2) is 4.79 Å². The normalized spacial score (nSPS) is 17.4. The van der Waals surface area contributed by atoms with Crippen LogP contribution in [0, 0.1) is 5.41 Å². The predicted molar refractivity (Wildman–Crippen MR) is 88.4 cm³/mol. The number of likely N-dealkylation sites (tertiary alicyclic amines) is 1. The van der Waals surface area contributed by atoms with Crippen LogP contribution >= 0.6 is 0 Å². The average molecular weight is 298 g/mol. The second-order valence-electron chi connectivity index (χ2n) is 7.23. The van der Waals surface area contributed by atoms with Crippen LogP contribution in [0.15, 0.2) is 0 Å². The van der Waals surface area contributed by atoms with Gasteiger partial charge in [0.25, 0.3) is 0 Å². The van der Waals surface area contributed by atoms with Crippen LogP contribution in [-0.4, -0.2) is 73.6 Å². The number of nitrogens with zero attached hydrogens (tertiary/aromatic N) is 3. The molecule has 0 unspecified atom stereocenters. The van der Waals surface area contributed by atoms with Crippen LogP contribution in [-0.2, 0) is 0 Å². The van der Waals surface area contributed by atoms with E-state index in [1.807, 2.05) is 19.0 Å². The van der Waals surface area contributed by atoms with Crippen molar-refractivity contribution in [3.05, 3.63) is 0 Å². The van der Waals surface area contributed by atoms with Crippen molar-refractivity contribution in [1.82, 2.24) is 14.7 Å². The van der Waals surface area contributed by atoms with Gasteiger partial charge in [0, 0.05) is 39.8 Å². The van der Waals surface area contributed by atoms with Crippen molar-refractivity contribution in [2.45, 2.75) is 46.1 Å². The topological polar surface area (TPSA) is 52.8 Å². The van der Waals surface area contributed by atoms with Crippen LogP contribution in [0.4, 0.5) is 4.79 Å². The van der Waals surface area contributed by atoms with Gasteiger partial charge in [-0.1, -0.05) is 20.8 Å². The van der Waals surface area contributed by atoms with Crippen molar-refractivity contribution < 1.29 is 4.79 Å². The summed E-state index contributed by atoms with van der Waals surface area (Å²) in [7, 11) is 3.64. The van der Waals surface area contributed by atoms with Crippen LogP contribution in [0.5, 0.6) is 0 Å². The summed E-state index contributed by atoms with van der Waals surface area (Å²) in [6.45, 7) is 11.3. The molecule has 0 radical (unpaired) electrons. The first-order valence-electron chi connectivity index (χ1n) is 8.21. The molecule has 2 N–H and O–H groups in total. The molecule has 1 aliphatic heterocycles. The van der Waals surface area contributed by atoms with E-state index in [4.69, 9.17) is 5.73 Å². The number of rotatable bonds is 6. The molecule has 5 nitrogen and oxygen atoms in total. The summed E-state index contributed by atoms with van der Waals surface area (Å²) in [5, 5.41) is 0. The van der Waals surface area contributed by atoms with Crippen molar-refractivity contribution in [1.29, 1.82) is 0 Å². The van der Waals surface area contributed by atoms with E-state index in [9.17, 15) is 4.79 Å². The van der Waals surface area contributed by atoms with E-state index < -0.39 is 0 Å². The molecule has 1 heterocycles. The zero-order chi connectivity index (χ0) is 16.0. The number of piperidine rings is 1. The summed E-state index contributed by atoms with van der Waals surface area (Å²) in [6.07, 6.45) is 3.30. The van der Waals surface area contributed by atoms with Gasteiger partial charge >= 0.3 is 6.03 Å². The minimum Gasteiger partial charge on any atom is -0.331 e. The van der Waals surface area contributed by atoms with Crippen molar-refractivity contribution >= 4 is 6.03 Å². The van der Waals surface area contributed by atoms with Gasteiger partial charge in [-0.15, -0.1) is 0 Å². The first-order chi connectivity index (χ1) is 9.80. The standard InChI is InChI=1S/C16H34N4O/c1-6-9-20(13-16(2,3)12-17)14-7-10-19(11-8-14)15(21)18(4)5/h14H,6-13,17H2,1-5H3. The lowest BCUT2D eigenvalue weighted by Gasteiger charge is -2.42. The zero-order valence-electron chi connectivity index (χ0n) is 14.6. The fourth-order valence-electron chi connectivity index (χ4n) is 3.00. The lowest BCUT2D eigenvalue weighted by Crippen LogP contribution is -2.51. The second kappa shape index (κ2) is 7.99. The molecule has 21 heavy (non-hydrogen) atoms. The smallest absolute Gasteiger partial charge is 0.319 e. The quantitative estimate of drug-likeness (QED) is 0.814. The van der Waals surface area contributed by atoms with Gasteiger partial charge in [-0.3, -0.25) is 4.90 Å². The van der Waals surface area contributed by atoms with Crippen LogP contribution in [0.2, 0.25) is 0 Å². The third-order valence-corrected chi connectivity index (χ3v) is 4.33. The third kappa shape index (κ3) is 5.47. The molecule has 0 atom stereocenters. The molecular weight excluding hydrogens is 264 g/mol. The SMILES string of the molecule is CCCN(CC(C)(C)CN)C1CCN(C(=O)N(C)C)CC1. The number of amides is 2. The lowest BCUT2D eigenvalue weighted by atomic mass is 9.91. The maximum absolute atomic E-state index is 12.0. The summed E-state index contributed by atoms with van der Waals surface area (Å²) in [4.78, 5) is 18.2. The zero-order valence-corrected chi connectivity index (χ0v) is 14.6. The Morgan fingerprint density at radius 1 is 1.29 bits per heavy atom. The Hall–Kier alpha value is -0.810. The number of carbonyl (C=O) groups excluding carboxylic acids is 1. The number of hydrogen-bond donors (Lipinski definition) is 1. The highest BCUT2D eigenvalue weighted by molar-refractivity contribution is 5.73. The molecule has 1 fully saturated rings. The lowest BCUT2D eigenvalue weighted by molar-refractivity contribution is 0.0807. The third-order valence-electron chi connectivity index (χ3n) is 4.33. The Labute approximate surface area is 130 Å². The molecule has 0 spiro atoms. The van der Waals surface area contributed by atoms with Crippen molar-refractivity contribution in [2.75, 3.05) is 46.8 Å². The average Bonchev–Trinajstić information content (AvgIpc) is 2.46. The highest BCUT2D eigenvalue weighted by Gasteiger charge is 2.30. The van der Waals surface area contributed by atoms with Crippen molar-refractivity contribution in [2.24, 2.45) is 11.1 Å². The fraction of sp³-hybridized carbons (Fsp3) is 0.938. The Kier molecular flexibility index (Phi) is 6.94. The van der Waals surface area contributed by atoms with E-state index in [1.165, 1.54) is 0 Å². The molecule has 5 heteroatoms. The fourth-order valence-corrected chi connectivity index (χ4v) is 3.00. The summed E-state index contributed by atoms with van der Waals surface area (Å²) < 4.78 is 0. The summed E-state index contributed by atoms with van der Waals surface area (Å²) in [6, 6.07) is 0.722. The molecule has 1 saturated heterocycles. The highest BCUT2D eigenvalue weighted by atomic mass is 16.2. The van der Waals surface area contributed by atoms with Crippen LogP contribution in [0.25, 0.3) is 0 Å². The molecule has 2 amide bonds. The van der Waals surface area contributed by atoms with Crippen molar-refractivity contribution in [3.63, 3.8) is 0 Å². The van der Waals surface area contributed by atoms with Crippen LogP contribution < -0.4 is 5.73 Å². The van der Waals surface area contributed by atoms with Gasteiger partial charge < -0.3 is 15.5 Å². The van der Waals surface area contributed by atoms with Gasteiger partial charge in [0.05, 0.1) is 0 Å². The van der Waals surface area contributed by atoms with Gasteiger partial charge in [0.2, 0.25) is 0 Å². The van der Waals surface area contributed by atoms with E-state index in [0.717, 1.165) is 45.4 Å². The van der Waals surface area contributed by atoms with Crippen LogP contribution in [0.1, 0.15) is 40.0 Å². The molecule has 0 bridgehead atoms. The number of hydrogen-bond acceptors (Lipinski definition) is 3. The van der Waals surface area contributed by atoms with E-state index in [1.54, 1.807) is 4.90 Å². The molecule has 1 rings (SSSR count). The van der Waals surface area contributed by atoms with Crippen LogP contribution in [0.3, 0.4) is 0 Å². The Morgan fingerprint density at radius 3 is 2.29 bits per heavy atom. The van der Waals surface area contributed by atoms with E-state index in [-0.39, 0.29) is 11.4 Å². The second-order valence-corrected chi connectivity index (χ2v) is 7.23. The molecule has 124 valence electrons. The minimum atomic E-state index is 0.137. The first kappa shape index (κ1) is 18.2. The molecule has 0 aliphatic carbocycles. The summed E-state index contributed by atoms with van der Waals surface area (Å²) in [5.74, 6) is 0. The minimum absolute atomic E-state index is 0.137. The number of nitrogens with two attached hydrogens (primary N) is 1. The number of urea groups is 1. The highest BCUT2D eigenvalue weighted by Crippen LogP contribution is 2.23. The van der Waals surface area contributed by atoms with Gasteiger partial charge in [0.1, 0.15) is 0 Å². The summed E-state index contributed by atoms with van der Waals surface area (Å²) in [5.41, 5.74) is 6.05. The molecule has 0 aromatic heterocycles. The Morgan fingerprint density at radius 2 is 1.86 bits per heavy atom. The molecular formula is C16H34N4O. The Bertz CT molecular complexity index is 322. The van der Waals surface area contributed by atoms with Gasteiger partial charge in [-0.2, -0.15) is 0 Å². The van der Waals surface area contributed by atoms with E-state index in [2.05, 4.69) is 25.7 Å². The Balaban J connectivity index is 2.57. The molecule has 1 aliphatic rings. The predicted octanol–water partition coefficient (Wildman–Crippen LogP) is 1.83. The monoisotopic (exact) mass is 298 g/mol. The van der Waals surface area contributed by atoms with Crippen molar-refractivity contribution in [3.8, 4) is 0 Å². The molecule has 0 saturated carbocycles. The van der Waals surface area contributed by atoms with Gasteiger partial charge in [0.15, 0.2) is 0 Å². The summed E-state index contributed by atoms with van der Waals surface area (Å²) >= 11 is 0. The number of carbonyl (C=O) groups is 1. The first-order valence-corrected chi connectivity index (χ1v) is 8.21.